The summed E-state index contributed by atoms with van der Waals surface area (Å²) in [6, 6.07) is 2.31. The molecule has 3 aliphatic rings. The standard InChI is InChI=1S/C15H17NOS/c18-13-5-8-17-15-11-4-2-7-16-6-1-3-10(14(11)16)9-12(13)15/h5,9,18H,1-4,6-8H2. The summed E-state index contributed by atoms with van der Waals surface area (Å²) in [5.41, 5.74) is 5.63. The molecular weight excluding hydrogens is 242 g/mol. The quantitative estimate of drug-likeness (QED) is 0.719. The molecule has 18 heavy (non-hydrogen) atoms. The van der Waals surface area contributed by atoms with E-state index in [2.05, 4.69) is 29.7 Å². The molecule has 3 heterocycles. The van der Waals surface area contributed by atoms with Gasteiger partial charge in [0.1, 0.15) is 12.4 Å². The lowest BCUT2D eigenvalue weighted by Gasteiger charge is -2.38. The first-order chi connectivity index (χ1) is 8.84. The number of anilines is 1. The van der Waals surface area contributed by atoms with Gasteiger partial charge >= 0.3 is 0 Å². The summed E-state index contributed by atoms with van der Waals surface area (Å²) in [5.74, 6) is 1.10. The summed E-state index contributed by atoms with van der Waals surface area (Å²) < 4.78 is 5.91. The third-order valence-electron chi connectivity index (χ3n) is 4.25. The lowest BCUT2D eigenvalue weighted by Crippen LogP contribution is -2.35. The van der Waals surface area contributed by atoms with Gasteiger partial charge in [-0.2, -0.15) is 0 Å². The van der Waals surface area contributed by atoms with E-state index >= 15 is 0 Å². The fourth-order valence-corrected chi connectivity index (χ4v) is 3.74. The molecule has 4 rings (SSSR count). The topological polar surface area (TPSA) is 12.5 Å². The van der Waals surface area contributed by atoms with Gasteiger partial charge in [-0.1, -0.05) is 0 Å². The van der Waals surface area contributed by atoms with Crippen molar-refractivity contribution in [3.63, 3.8) is 0 Å². The van der Waals surface area contributed by atoms with E-state index in [0.29, 0.717) is 6.61 Å². The van der Waals surface area contributed by atoms with Gasteiger partial charge in [0, 0.05) is 34.8 Å². The van der Waals surface area contributed by atoms with Crippen LogP contribution in [0.25, 0.3) is 4.91 Å². The van der Waals surface area contributed by atoms with Crippen LogP contribution in [0.5, 0.6) is 5.75 Å². The third kappa shape index (κ3) is 1.43. The normalized spacial score (nSPS) is 20.7. The fourth-order valence-electron chi connectivity index (χ4n) is 3.50. The second-order valence-corrected chi connectivity index (χ2v) is 5.82. The van der Waals surface area contributed by atoms with Gasteiger partial charge in [0.05, 0.1) is 0 Å². The van der Waals surface area contributed by atoms with Crippen molar-refractivity contribution in [2.75, 3.05) is 24.6 Å². The predicted octanol–water partition coefficient (Wildman–Crippen LogP) is 3.05. The van der Waals surface area contributed by atoms with Gasteiger partial charge in [-0.25, -0.2) is 0 Å². The smallest absolute Gasteiger partial charge is 0.133 e. The van der Waals surface area contributed by atoms with Crippen molar-refractivity contribution in [2.45, 2.75) is 25.7 Å². The highest BCUT2D eigenvalue weighted by Crippen LogP contribution is 2.46. The lowest BCUT2D eigenvalue weighted by atomic mass is 9.88. The van der Waals surface area contributed by atoms with Crippen molar-refractivity contribution < 1.29 is 4.74 Å². The highest BCUT2D eigenvalue weighted by Gasteiger charge is 2.29. The average molecular weight is 259 g/mol. The minimum Gasteiger partial charge on any atom is -0.488 e. The summed E-state index contributed by atoms with van der Waals surface area (Å²) in [6.45, 7) is 3.09. The molecule has 0 saturated carbocycles. The van der Waals surface area contributed by atoms with E-state index in [1.165, 1.54) is 54.7 Å². The SMILES string of the molecule is SC1=CCOc2c1cc1c3c2CCCN3CCC1. The molecule has 3 aliphatic heterocycles. The van der Waals surface area contributed by atoms with Crippen LogP contribution in [-0.4, -0.2) is 19.7 Å². The van der Waals surface area contributed by atoms with Crippen molar-refractivity contribution >= 4 is 23.2 Å². The predicted molar refractivity (Wildman–Crippen MR) is 77.8 cm³/mol. The molecule has 94 valence electrons. The minimum atomic E-state index is 0.664. The fraction of sp³-hybridized carbons (Fsp3) is 0.467. The Kier molecular flexibility index (Phi) is 2.37. The zero-order valence-electron chi connectivity index (χ0n) is 10.4. The van der Waals surface area contributed by atoms with Crippen molar-refractivity contribution in [1.29, 1.82) is 0 Å². The van der Waals surface area contributed by atoms with Gasteiger partial charge < -0.3 is 9.64 Å². The highest BCUT2D eigenvalue weighted by atomic mass is 32.1. The highest BCUT2D eigenvalue weighted by molar-refractivity contribution is 7.90. The Labute approximate surface area is 113 Å². The number of rotatable bonds is 0. The van der Waals surface area contributed by atoms with E-state index in [4.69, 9.17) is 4.74 Å². The number of hydrogen-bond donors (Lipinski definition) is 1. The zero-order chi connectivity index (χ0) is 12.1. The number of ether oxygens (including phenoxy) is 1. The van der Waals surface area contributed by atoms with Crippen LogP contribution in [0.15, 0.2) is 12.1 Å². The van der Waals surface area contributed by atoms with E-state index in [-0.39, 0.29) is 0 Å². The Hall–Kier alpha value is -1.09. The molecule has 0 N–H and O–H groups in total. The first-order valence-electron chi connectivity index (χ1n) is 6.80. The van der Waals surface area contributed by atoms with Crippen LogP contribution in [0.3, 0.4) is 0 Å². The first kappa shape index (κ1) is 10.8. The van der Waals surface area contributed by atoms with E-state index in [1.807, 2.05) is 0 Å². The molecule has 0 amide bonds. The Bertz CT molecular complexity index is 548. The summed E-state index contributed by atoms with van der Waals surface area (Å²) >= 11 is 4.60. The van der Waals surface area contributed by atoms with E-state index in [9.17, 15) is 0 Å². The maximum absolute atomic E-state index is 5.91. The van der Waals surface area contributed by atoms with Gasteiger partial charge in [-0.05, 0) is 43.4 Å². The Morgan fingerprint density at radius 1 is 1.17 bits per heavy atom. The molecule has 1 aromatic carbocycles. The van der Waals surface area contributed by atoms with Gasteiger partial charge in [0.15, 0.2) is 0 Å². The molecular formula is C15H17NOS. The molecule has 2 nitrogen and oxygen atoms in total. The second-order valence-electron chi connectivity index (χ2n) is 5.33. The molecule has 1 aromatic rings. The first-order valence-corrected chi connectivity index (χ1v) is 7.25. The summed E-state index contributed by atoms with van der Waals surface area (Å²) in [5, 5.41) is 0. The number of benzene rings is 1. The van der Waals surface area contributed by atoms with Gasteiger partial charge in [-0.15, -0.1) is 12.6 Å². The van der Waals surface area contributed by atoms with Crippen molar-refractivity contribution in [3.8, 4) is 5.75 Å². The molecule has 0 radical (unpaired) electrons. The maximum atomic E-state index is 5.91. The number of thiol groups is 1. The lowest BCUT2D eigenvalue weighted by molar-refractivity contribution is 0.352. The monoisotopic (exact) mass is 259 g/mol. The molecule has 3 heteroatoms. The van der Waals surface area contributed by atoms with Crippen molar-refractivity contribution in [1.82, 2.24) is 0 Å². The largest absolute Gasteiger partial charge is 0.488 e. The minimum absolute atomic E-state index is 0.664. The molecule has 0 unspecified atom stereocenters. The average Bonchev–Trinajstić information content (AvgIpc) is 2.41. The molecule has 0 atom stereocenters. The number of nitrogens with zero attached hydrogens (tertiary/aromatic N) is 1. The van der Waals surface area contributed by atoms with Crippen molar-refractivity contribution in [3.05, 3.63) is 28.8 Å². The van der Waals surface area contributed by atoms with E-state index in [0.717, 1.165) is 17.1 Å². The Morgan fingerprint density at radius 3 is 2.89 bits per heavy atom. The van der Waals surface area contributed by atoms with Gasteiger partial charge in [0.2, 0.25) is 0 Å². The molecule has 0 spiro atoms. The zero-order valence-corrected chi connectivity index (χ0v) is 11.3. The Balaban J connectivity index is 1.99. The van der Waals surface area contributed by atoms with Crippen LogP contribution in [0.2, 0.25) is 0 Å². The molecule has 0 bridgehead atoms. The van der Waals surface area contributed by atoms with Crippen molar-refractivity contribution in [2.24, 2.45) is 0 Å². The molecule has 0 aliphatic carbocycles. The molecule has 0 fully saturated rings. The Morgan fingerprint density at radius 2 is 2.00 bits per heavy atom. The van der Waals surface area contributed by atoms with E-state index in [1.54, 1.807) is 0 Å². The number of fused-ring (bicyclic) bond motifs is 2. The van der Waals surface area contributed by atoms with Gasteiger partial charge in [-0.3, -0.25) is 0 Å². The van der Waals surface area contributed by atoms with Crippen LogP contribution in [0.1, 0.15) is 29.5 Å². The summed E-state index contributed by atoms with van der Waals surface area (Å²) in [7, 11) is 0. The van der Waals surface area contributed by atoms with Gasteiger partial charge in [0.25, 0.3) is 0 Å². The van der Waals surface area contributed by atoms with Crippen LogP contribution in [0, 0.1) is 0 Å². The maximum Gasteiger partial charge on any atom is 0.133 e. The van der Waals surface area contributed by atoms with Crippen LogP contribution < -0.4 is 9.64 Å². The van der Waals surface area contributed by atoms with Crippen LogP contribution in [-0.2, 0) is 12.8 Å². The molecule has 0 saturated heterocycles. The summed E-state index contributed by atoms with van der Waals surface area (Å²) in [6.07, 6.45) is 6.94. The molecule has 0 aromatic heterocycles. The van der Waals surface area contributed by atoms with Crippen LogP contribution in [0.4, 0.5) is 5.69 Å². The summed E-state index contributed by atoms with van der Waals surface area (Å²) in [4.78, 5) is 3.63. The van der Waals surface area contributed by atoms with E-state index < -0.39 is 0 Å². The van der Waals surface area contributed by atoms with Crippen LogP contribution >= 0.6 is 12.6 Å². The number of hydrogen-bond acceptors (Lipinski definition) is 3. The second kappa shape index (κ2) is 3.95. The third-order valence-corrected chi connectivity index (χ3v) is 4.68. The number of aryl methyl sites for hydroxylation is 1.